The fourth-order valence-corrected chi connectivity index (χ4v) is 2.57. The Labute approximate surface area is 93.2 Å². The minimum atomic E-state index is -0.855. The third-order valence-corrected chi connectivity index (χ3v) is 4.30. The number of carboxylic acid groups (broad SMARTS) is 1. The van der Waals surface area contributed by atoms with Crippen LogP contribution in [0.5, 0.6) is 0 Å². The number of carboxylic acids is 1. The summed E-state index contributed by atoms with van der Waals surface area (Å²) in [7, 11) is 0. The summed E-state index contributed by atoms with van der Waals surface area (Å²) in [4.78, 5) is 15.5. The first-order valence-electron chi connectivity index (χ1n) is 5.21. The van der Waals surface area contributed by atoms with Crippen LogP contribution in [0.4, 0.5) is 0 Å². The van der Waals surface area contributed by atoms with Gasteiger partial charge in [0.05, 0.1) is 5.69 Å². The van der Waals surface area contributed by atoms with E-state index >= 15 is 0 Å². The van der Waals surface area contributed by atoms with E-state index in [4.69, 9.17) is 5.11 Å². The van der Waals surface area contributed by atoms with Crippen molar-refractivity contribution < 1.29 is 9.90 Å². The van der Waals surface area contributed by atoms with Gasteiger partial charge in [0, 0.05) is 11.3 Å². The van der Waals surface area contributed by atoms with Gasteiger partial charge in [0.2, 0.25) is 0 Å². The molecule has 0 aromatic carbocycles. The van der Waals surface area contributed by atoms with Gasteiger partial charge >= 0.3 is 5.97 Å². The number of rotatable bonds is 3. The van der Waals surface area contributed by atoms with Crippen molar-refractivity contribution in [3.63, 3.8) is 0 Å². The average molecular weight is 225 g/mol. The molecule has 1 fully saturated rings. The Morgan fingerprint density at radius 3 is 2.73 bits per heavy atom. The van der Waals surface area contributed by atoms with E-state index in [9.17, 15) is 4.79 Å². The Morgan fingerprint density at radius 1 is 1.60 bits per heavy atom. The summed E-state index contributed by atoms with van der Waals surface area (Å²) in [6.45, 7) is 3.41. The molecule has 0 saturated heterocycles. The van der Waals surface area contributed by atoms with Gasteiger partial charge in [0.1, 0.15) is 10.4 Å². The van der Waals surface area contributed by atoms with Crippen LogP contribution >= 0.6 is 11.3 Å². The van der Waals surface area contributed by atoms with E-state index in [0.29, 0.717) is 5.92 Å². The molecule has 2 rings (SSSR count). The molecule has 0 unspecified atom stereocenters. The number of hydrogen-bond donors (Lipinski definition) is 1. The highest BCUT2D eigenvalue weighted by atomic mass is 32.1. The number of thiazole rings is 1. The van der Waals surface area contributed by atoms with Gasteiger partial charge in [-0.1, -0.05) is 6.42 Å². The van der Waals surface area contributed by atoms with E-state index in [-0.39, 0.29) is 0 Å². The smallest absolute Gasteiger partial charge is 0.316 e. The van der Waals surface area contributed by atoms with Gasteiger partial charge in [-0.3, -0.25) is 4.79 Å². The van der Waals surface area contributed by atoms with E-state index < -0.39 is 11.4 Å². The molecular weight excluding hydrogens is 210 g/mol. The second kappa shape index (κ2) is 3.59. The number of carbonyl (C=O) groups is 1. The normalized spacial score (nSPS) is 17.5. The van der Waals surface area contributed by atoms with Gasteiger partial charge in [-0.2, -0.15) is 0 Å². The summed E-state index contributed by atoms with van der Waals surface area (Å²) in [5.74, 6) is -0.225. The molecule has 0 amide bonds. The van der Waals surface area contributed by atoms with Gasteiger partial charge in [0.15, 0.2) is 0 Å². The third kappa shape index (κ3) is 1.78. The van der Waals surface area contributed by atoms with Crippen molar-refractivity contribution in [1.82, 2.24) is 4.98 Å². The highest BCUT2D eigenvalue weighted by molar-refractivity contribution is 7.10. The first-order chi connectivity index (χ1) is 7.01. The van der Waals surface area contributed by atoms with Crippen LogP contribution in [0.25, 0.3) is 0 Å². The third-order valence-electron chi connectivity index (χ3n) is 3.11. The van der Waals surface area contributed by atoms with Crippen LogP contribution in [0.3, 0.4) is 0 Å². The second-order valence-electron chi connectivity index (χ2n) is 4.64. The highest BCUT2D eigenvalue weighted by Gasteiger charge is 2.34. The van der Waals surface area contributed by atoms with Crippen molar-refractivity contribution in [2.45, 2.75) is 44.4 Å². The van der Waals surface area contributed by atoms with Crippen LogP contribution in [0.1, 0.15) is 49.7 Å². The van der Waals surface area contributed by atoms with Crippen LogP contribution < -0.4 is 0 Å². The maximum atomic E-state index is 11.1. The SMILES string of the molecule is CC(C)(C(=O)O)c1nc(C2CCC2)cs1. The van der Waals surface area contributed by atoms with Crippen LogP contribution in [0.15, 0.2) is 5.38 Å². The molecule has 1 aromatic heterocycles. The first-order valence-corrected chi connectivity index (χ1v) is 6.09. The Hall–Kier alpha value is -0.900. The fraction of sp³-hybridized carbons (Fsp3) is 0.636. The van der Waals surface area contributed by atoms with Crippen molar-refractivity contribution in [3.05, 3.63) is 16.1 Å². The lowest BCUT2D eigenvalue weighted by Crippen LogP contribution is -2.28. The molecular formula is C11H15NO2S. The summed E-state index contributed by atoms with van der Waals surface area (Å²) >= 11 is 1.47. The molecule has 0 bridgehead atoms. The second-order valence-corrected chi connectivity index (χ2v) is 5.49. The zero-order chi connectivity index (χ0) is 11.1. The summed E-state index contributed by atoms with van der Waals surface area (Å²) in [6.07, 6.45) is 3.69. The van der Waals surface area contributed by atoms with E-state index in [2.05, 4.69) is 4.98 Å². The van der Waals surface area contributed by atoms with Gasteiger partial charge in [0.25, 0.3) is 0 Å². The molecule has 15 heavy (non-hydrogen) atoms. The number of aromatic nitrogens is 1. The Balaban J connectivity index is 2.22. The Morgan fingerprint density at radius 2 is 2.27 bits per heavy atom. The average Bonchev–Trinajstić information content (AvgIpc) is 2.50. The standard InChI is InChI=1S/C11H15NO2S/c1-11(2,10(13)14)9-12-8(6-15-9)7-4-3-5-7/h6-7H,3-5H2,1-2H3,(H,13,14). The van der Waals surface area contributed by atoms with Crippen molar-refractivity contribution in [1.29, 1.82) is 0 Å². The van der Waals surface area contributed by atoms with Crippen LogP contribution in [0, 0.1) is 0 Å². The van der Waals surface area contributed by atoms with E-state index in [1.807, 2.05) is 5.38 Å². The molecule has 4 heteroatoms. The minimum Gasteiger partial charge on any atom is -0.481 e. The molecule has 82 valence electrons. The maximum Gasteiger partial charge on any atom is 0.316 e. The lowest BCUT2D eigenvalue weighted by Gasteiger charge is -2.23. The first kappa shape index (κ1) is 10.6. The molecule has 0 radical (unpaired) electrons. The summed E-state index contributed by atoms with van der Waals surface area (Å²) < 4.78 is 0. The molecule has 1 aliphatic carbocycles. The van der Waals surface area contributed by atoms with Gasteiger partial charge in [-0.05, 0) is 26.7 Å². The van der Waals surface area contributed by atoms with Crippen LogP contribution in [0.2, 0.25) is 0 Å². The minimum absolute atomic E-state index is 0.583. The van der Waals surface area contributed by atoms with E-state index in [1.54, 1.807) is 13.8 Å². The quantitative estimate of drug-likeness (QED) is 0.860. The monoisotopic (exact) mass is 225 g/mol. The van der Waals surface area contributed by atoms with Gasteiger partial charge in [-0.15, -0.1) is 11.3 Å². The summed E-state index contributed by atoms with van der Waals surface area (Å²) in [6, 6.07) is 0. The van der Waals surface area contributed by atoms with Crippen LogP contribution in [-0.2, 0) is 10.2 Å². The van der Waals surface area contributed by atoms with Gasteiger partial charge in [-0.25, -0.2) is 4.98 Å². The van der Waals surface area contributed by atoms with Crippen LogP contribution in [-0.4, -0.2) is 16.1 Å². The Bertz CT molecular complexity index is 380. The maximum absolute atomic E-state index is 11.1. The molecule has 1 aromatic rings. The van der Waals surface area contributed by atoms with Crippen molar-refractivity contribution >= 4 is 17.3 Å². The molecule has 1 saturated carbocycles. The summed E-state index contributed by atoms with van der Waals surface area (Å²) in [5, 5.41) is 11.8. The van der Waals surface area contributed by atoms with E-state index in [0.717, 1.165) is 10.7 Å². The summed E-state index contributed by atoms with van der Waals surface area (Å²) in [5.41, 5.74) is 0.239. The zero-order valence-electron chi connectivity index (χ0n) is 8.99. The number of hydrogen-bond acceptors (Lipinski definition) is 3. The topological polar surface area (TPSA) is 50.2 Å². The molecule has 1 aliphatic rings. The highest BCUT2D eigenvalue weighted by Crippen LogP contribution is 2.38. The Kier molecular flexibility index (Phi) is 2.54. The molecule has 3 nitrogen and oxygen atoms in total. The molecule has 0 atom stereocenters. The molecule has 0 spiro atoms. The number of aliphatic carboxylic acids is 1. The molecule has 1 heterocycles. The largest absolute Gasteiger partial charge is 0.481 e. The fourth-order valence-electron chi connectivity index (χ4n) is 1.56. The lowest BCUT2D eigenvalue weighted by molar-refractivity contribution is -0.142. The molecule has 0 aliphatic heterocycles. The van der Waals surface area contributed by atoms with Crippen molar-refractivity contribution in [2.24, 2.45) is 0 Å². The lowest BCUT2D eigenvalue weighted by atomic mass is 9.83. The number of nitrogens with zero attached hydrogens (tertiary/aromatic N) is 1. The molecule has 1 N–H and O–H groups in total. The predicted octanol–water partition coefficient (Wildman–Crippen LogP) is 2.77. The van der Waals surface area contributed by atoms with Crippen molar-refractivity contribution in [2.75, 3.05) is 0 Å². The zero-order valence-corrected chi connectivity index (χ0v) is 9.80. The van der Waals surface area contributed by atoms with E-state index in [1.165, 1.54) is 30.6 Å². The van der Waals surface area contributed by atoms with Crippen molar-refractivity contribution in [3.8, 4) is 0 Å². The van der Waals surface area contributed by atoms with Gasteiger partial charge < -0.3 is 5.11 Å². The predicted molar refractivity (Wildman–Crippen MR) is 59.4 cm³/mol.